The average Bonchev–Trinajstić information content (AvgIpc) is 2.40. The first kappa shape index (κ1) is 17.3. The lowest BCUT2D eigenvalue weighted by Gasteiger charge is -2.27. The van der Waals surface area contributed by atoms with Crippen LogP contribution in [0, 0.1) is 5.41 Å². The number of rotatable bonds is 8. The Kier molecular flexibility index (Phi) is 8.48. The summed E-state index contributed by atoms with van der Waals surface area (Å²) in [6.45, 7) is 1.88. The lowest BCUT2D eigenvalue weighted by atomic mass is 9.92. The highest BCUT2D eigenvalue weighted by Crippen LogP contribution is 2.17. The summed E-state index contributed by atoms with van der Waals surface area (Å²) in [7, 11) is 0. The fraction of sp³-hybridized carbons (Fsp3) is 0.538. The van der Waals surface area contributed by atoms with E-state index in [0.29, 0.717) is 0 Å². The third-order valence-corrected chi connectivity index (χ3v) is 2.32. The average molecular weight is 272 g/mol. The minimum Gasteiger partial charge on any atom is -0.462 e. The van der Waals surface area contributed by atoms with Gasteiger partial charge in [-0.05, 0) is 13.8 Å². The van der Waals surface area contributed by atoms with Crippen molar-refractivity contribution in [3.05, 3.63) is 24.3 Å². The maximum atomic E-state index is 11.2. The lowest BCUT2D eigenvalue weighted by Crippen LogP contribution is -2.40. The van der Waals surface area contributed by atoms with E-state index >= 15 is 0 Å². The van der Waals surface area contributed by atoms with E-state index in [1.807, 2.05) is 0 Å². The number of hydrogen-bond acceptors (Lipinski definition) is 6. The normalized spacial score (nSPS) is 12.0. The molecule has 6 heteroatoms. The molecule has 19 heavy (non-hydrogen) atoms. The van der Waals surface area contributed by atoms with Gasteiger partial charge in [0.2, 0.25) is 0 Å². The topological polar surface area (TPSA) is 93.1 Å². The fourth-order valence-electron chi connectivity index (χ4n) is 1.09. The highest BCUT2D eigenvalue weighted by molar-refractivity contribution is 5.82. The van der Waals surface area contributed by atoms with Gasteiger partial charge in [-0.15, -0.1) is 0 Å². The van der Waals surface area contributed by atoms with Gasteiger partial charge in [0.15, 0.2) is 0 Å². The SMILES string of the molecule is CC=CC(=O)OCC(CO)(CO)COC(=O)C=CC. The van der Waals surface area contributed by atoms with Crippen molar-refractivity contribution in [3.63, 3.8) is 0 Å². The number of allylic oxidation sites excluding steroid dienone is 2. The molecular weight excluding hydrogens is 252 g/mol. The highest BCUT2D eigenvalue weighted by atomic mass is 16.5. The molecule has 0 aliphatic carbocycles. The zero-order valence-electron chi connectivity index (χ0n) is 11.2. The Hall–Kier alpha value is -1.66. The van der Waals surface area contributed by atoms with E-state index < -0.39 is 30.6 Å². The molecule has 2 N–H and O–H groups in total. The van der Waals surface area contributed by atoms with Crippen molar-refractivity contribution in [2.45, 2.75) is 13.8 Å². The molecule has 0 atom stereocenters. The van der Waals surface area contributed by atoms with E-state index in [4.69, 9.17) is 9.47 Å². The third kappa shape index (κ3) is 6.73. The summed E-state index contributed by atoms with van der Waals surface area (Å²) in [5.74, 6) is -1.18. The molecule has 0 bridgehead atoms. The Labute approximate surface area is 112 Å². The summed E-state index contributed by atoms with van der Waals surface area (Å²) in [4.78, 5) is 22.3. The molecule has 0 spiro atoms. The second kappa shape index (κ2) is 9.29. The van der Waals surface area contributed by atoms with Crippen LogP contribution in [0.15, 0.2) is 24.3 Å². The van der Waals surface area contributed by atoms with Gasteiger partial charge in [-0.3, -0.25) is 0 Å². The van der Waals surface area contributed by atoms with E-state index in [0.717, 1.165) is 0 Å². The Morgan fingerprint density at radius 2 is 1.32 bits per heavy atom. The summed E-state index contributed by atoms with van der Waals surface area (Å²) in [6.07, 6.45) is 5.44. The number of ether oxygens (including phenoxy) is 2. The van der Waals surface area contributed by atoms with Gasteiger partial charge in [-0.1, -0.05) is 12.2 Å². The van der Waals surface area contributed by atoms with Crippen molar-refractivity contribution < 1.29 is 29.3 Å². The summed E-state index contributed by atoms with van der Waals surface area (Å²) >= 11 is 0. The van der Waals surface area contributed by atoms with Crippen molar-refractivity contribution >= 4 is 11.9 Å². The fourth-order valence-corrected chi connectivity index (χ4v) is 1.09. The van der Waals surface area contributed by atoms with E-state index in [-0.39, 0.29) is 13.2 Å². The molecule has 0 fully saturated rings. The van der Waals surface area contributed by atoms with Gasteiger partial charge in [0.1, 0.15) is 13.2 Å². The van der Waals surface area contributed by atoms with Crippen LogP contribution < -0.4 is 0 Å². The lowest BCUT2D eigenvalue weighted by molar-refractivity contribution is -0.152. The van der Waals surface area contributed by atoms with Crippen LogP contribution >= 0.6 is 0 Å². The van der Waals surface area contributed by atoms with Crippen LogP contribution in [0.3, 0.4) is 0 Å². The molecule has 0 saturated carbocycles. The van der Waals surface area contributed by atoms with Crippen LogP contribution in [0.25, 0.3) is 0 Å². The molecule has 0 aromatic rings. The predicted molar refractivity (Wildman–Crippen MR) is 68.2 cm³/mol. The molecule has 0 saturated heterocycles. The Balaban J connectivity index is 4.49. The number of esters is 2. The first-order valence-corrected chi connectivity index (χ1v) is 5.84. The van der Waals surface area contributed by atoms with Gasteiger partial charge >= 0.3 is 11.9 Å². The number of aliphatic hydroxyl groups is 2. The standard InChI is InChI=1S/C13H20O6/c1-3-5-11(16)18-9-13(7-14,8-15)10-19-12(17)6-4-2/h3-6,14-15H,7-10H2,1-2H3. The summed E-state index contributed by atoms with van der Waals surface area (Å²) < 4.78 is 9.73. The van der Waals surface area contributed by atoms with Crippen LogP contribution in [0.1, 0.15) is 13.8 Å². The first-order valence-electron chi connectivity index (χ1n) is 5.84. The zero-order valence-corrected chi connectivity index (χ0v) is 11.2. The van der Waals surface area contributed by atoms with E-state index in [1.165, 1.54) is 24.3 Å². The van der Waals surface area contributed by atoms with Gasteiger partial charge in [0.25, 0.3) is 0 Å². The summed E-state index contributed by atoms with van der Waals surface area (Å²) in [5.41, 5.74) is -1.20. The van der Waals surface area contributed by atoms with Crippen molar-refractivity contribution in [3.8, 4) is 0 Å². The minimum absolute atomic E-state index is 0.244. The predicted octanol–water partition coefficient (Wildman–Crippen LogP) is 0.196. The monoisotopic (exact) mass is 272 g/mol. The second-order valence-electron chi connectivity index (χ2n) is 4.03. The van der Waals surface area contributed by atoms with Gasteiger partial charge in [-0.25, -0.2) is 9.59 Å². The van der Waals surface area contributed by atoms with E-state index in [2.05, 4.69) is 0 Å². The Morgan fingerprint density at radius 3 is 1.58 bits per heavy atom. The highest BCUT2D eigenvalue weighted by Gasteiger charge is 2.32. The van der Waals surface area contributed by atoms with Crippen LogP contribution in [0.2, 0.25) is 0 Å². The molecule has 6 nitrogen and oxygen atoms in total. The number of hydrogen-bond donors (Lipinski definition) is 2. The number of carbonyl (C=O) groups excluding carboxylic acids is 2. The van der Waals surface area contributed by atoms with Gasteiger partial charge in [0.05, 0.1) is 18.6 Å². The first-order chi connectivity index (χ1) is 9.03. The summed E-state index contributed by atoms with van der Waals surface area (Å²) in [5, 5.41) is 18.6. The Bertz CT molecular complexity index is 311. The Morgan fingerprint density at radius 1 is 0.947 bits per heavy atom. The molecule has 108 valence electrons. The quantitative estimate of drug-likeness (QED) is 0.484. The van der Waals surface area contributed by atoms with Crippen molar-refractivity contribution in [1.82, 2.24) is 0 Å². The van der Waals surface area contributed by atoms with E-state index in [9.17, 15) is 19.8 Å². The number of carbonyl (C=O) groups is 2. The maximum absolute atomic E-state index is 11.2. The largest absolute Gasteiger partial charge is 0.462 e. The van der Waals surface area contributed by atoms with Gasteiger partial charge in [-0.2, -0.15) is 0 Å². The molecule has 0 rings (SSSR count). The molecule has 0 aromatic carbocycles. The third-order valence-electron chi connectivity index (χ3n) is 2.32. The molecular formula is C13H20O6. The molecule has 0 amide bonds. The van der Waals surface area contributed by atoms with Crippen molar-refractivity contribution in [2.24, 2.45) is 5.41 Å². The molecule has 0 heterocycles. The van der Waals surface area contributed by atoms with Crippen molar-refractivity contribution in [1.29, 1.82) is 0 Å². The van der Waals surface area contributed by atoms with Crippen LogP contribution in [-0.4, -0.2) is 48.6 Å². The molecule has 0 radical (unpaired) electrons. The smallest absolute Gasteiger partial charge is 0.330 e. The van der Waals surface area contributed by atoms with Crippen LogP contribution in [-0.2, 0) is 19.1 Å². The van der Waals surface area contributed by atoms with Gasteiger partial charge < -0.3 is 19.7 Å². The maximum Gasteiger partial charge on any atom is 0.330 e. The molecule has 0 aliphatic rings. The molecule has 0 aliphatic heterocycles. The number of aliphatic hydroxyl groups excluding tert-OH is 2. The molecule has 0 aromatic heterocycles. The van der Waals surface area contributed by atoms with Gasteiger partial charge in [0, 0.05) is 12.2 Å². The van der Waals surface area contributed by atoms with Crippen LogP contribution in [0.4, 0.5) is 0 Å². The molecule has 0 unspecified atom stereocenters. The second-order valence-corrected chi connectivity index (χ2v) is 4.03. The minimum atomic E-state index is -1.20. The van der Waals surface area contributed by atoms with Crippen LogP contribution in [0.5, 0.6) is 0 Å². The zero-order chi connectivity index (χ0) is 14.7. The summed E-state index contributed by atoms with van der Waals surface area (Å²) in [6, 6.07) is 0. The van der Waals surface area contributed by atoms with E-state index in [1.54, 1.807) is 13.8 Å². The van der Waals surface area contributed by atoms with Crippen molar-refractivity contribution in [2.75, 3.05) is 26.4 Å².